The summed E-state index contributed by atoms with van der Waals surface area (Å²) in [5.41, 5.74) is 3.27. The molecule has 4 nitrogen and oxygen atoms in total. The third-order valence-electron chi connectivity index (χ3n) is 3.50. The first-order chi connectivity index (χ1) is 9.63. The molecule has 0 aromatic carbocycles. The summed E-state index contributed by atoms with van der Waals surface area (Å²) in [6.07, 6.45) is 6.79. The summed E-state index contributed by atoms with van der Waals surface area (Å²) in [7, 11) is -0.673. The lowest BCUT2D eigenvalue weighted by molar-refractivity contribution is 0.654. The SMILES string of the molecule is CCCCS(=O)CCCn1c(C)nc2cncc(C)c21. The lowest BCUT2D eigenvalue weighted by atomic mass is 10.2. The summed E-state index contributed by atoms with van der Waals surface area (Å²) in [6.45, 7) is 7.10. The third-order valence-corrected chi connectivity index (χ3v) is 4.99. The Labute approximate surface area is 123 Å². The number of fused-ring (bicyclic) bond motifs is 1. The molecule has 2 heterocycles. The fourth-order valence-electron chi connectivity index (χ4n) is 2.44. The number of aryl methyl sites for hydroxylation is 3. The second-order valence-corrected chi connectivity index (χ2v) is 6.89. The maximum absolute atomic E-state index is 11.8. The second kappa shape index (κ2) is 6.97. The van der Waals surface area contributed by atoms with E-state index in [1.807, 2.05) is 19.3 Å². The predicted molar refractivity (Wildman–Crippen MR) is 84.4 cm³/mol. The summed E-state index contributed by atoms with van der Waals surface area (Å²) in [4.78, 5) is 8.73. The van der Waals surface area contributed by atoms with E-state index in [2.05, 4.69) is 28.4 Å². The molecule has 1 unspecified atom stereocenters. The van der Waals surface area contributed by atoms with E-state index < -0.39 is 10.8 Å². The van der Waals surface area contributed by atoms with Crippen molar-refractivity contribution in [1.29, 1.82) is 0 Å². The van der Waals surface area contributed by atoms with Crippen LogP contribution in [0, 0.1) is 13.8 Å². The van der Waals surface area contributed by atoms with Crippen molar-refractivity contribution in [2.45, 2.75) is 46.6 Å². The molecule has 2 rings (SSSR count). The minimum Gasteiger partial charge on any atom is -0.328 e. The molecule has 0 aliphatic heterocycles. The van der Waals surface area contributed by atoms with Gasteiger partial charge < -0.3 is 4.57 Å². The van der Waals surface area contributed by atoms with E-state index in [1.54, 1.807) is 0 Å². The van der Waals surface area contributed by atoms with Gasteiger partial charge in [0, 0.05) is 35.0 Å². The lowest BCUT2D eigenvalue weighted by Crippen LogP contribution is -2.08. The minimum absolute atomic E-state index is 0.673. The van der Waals surface area contributed by atoms with Crippen LogP contribution in [0.4, 0.5) is 0 Å². The fourth-order valence-corrected chi connectivity index (χ4v) is 3.70. The Morgan fingerprint density at radius 1 is 1.20 bits per heavy atom. The molecule has 0 amide bonds. The topological polar surface area (TPSA) is 47.8 Å². The first-order valence-electron chi connectivity index (χ1n) is 7.26. The van der Waals surface area contributed by atoms with Crippen molar-refractivity contribution in [3.05, 3.63) is 23.8 Å². The zero-order valence-electron chi connectivity index (χ0n) is 12.6. The molecule has 0 N–H and O–H groups in total. The first kappa shape index (κ1) is 15.2. The normalized spacial score (nSPS) is 12.9. The van der Waals surface area contributed by atoms with Crippen LogP contribution in [0.2, 0.25) is 0 Å². The minimum atomic E-state index is -0.673. The van der Waals surface area contributed by atoms with Gasteiger partial charge in [-0.1, -0.05) is 13.3 Å². The molecule has 110 valence electrons. The standard InChI is InChI=1S/C15H23N3OS/c1-4-5-8-20(19)9-6-7-18-13(3)17-14-11-16-10-12(2)15(14)18/h10-11H,4-9H2,1-3H3. The molecular formula is C15H23N3OS. The Morgan fingerprint density at radius 2 is 1.95 bits per heavy atom. The maximum Gasteiger partial charge on any atom is 0.107 e. The highest BCUT2D eigenvalue weighted by molar-refractivity contribution is 7.84. The van der Waals surface area contributed by atoms with E-state index in [-0.39, 0.29) is 0 Å². The summed E-state index contributed by atoms with van der Waals surface area (Å²) < 4.78 is 14.0. The molecule has 0 saturated carbocycles. The smallest absolute Gasteiger partial charge is 0.107 e. The highest BCUT2D eigenvalue weighted by atomic mass is 32.2. The number of hydrogen-bond donors (Lipinski definition) is 0. The number of nitrogens with zero attached hydrogens (tertiary/aromatic N) is 3. The van der Waals surface area contributed by atoms with Crippen LogP contribution in [0.5, 0.6) is 0 Å². The molecular weight excluding hydrogens is 270 g/mol. The molecule has 0 aliphatic rings. The van der Waals surface area contributed by atoms with Crippen LogP contribution < -0.4 is 0 Å². The van der Waals surface area contributed by atoms with Gasteiger partial charge in [0.05, 0.1) is 11.7 Å². The highest BCUT2D eigenvalue weighted by Crippen LogP contribution is 2.18. The molecule has 2 aromatic rings. The Morgan fingerprint density at radius 3 is 2.70 bits per heavy atom. The molecule has 20 heavy (non-hydrogen) atoms. The van der Waals surface area contributed by atoms with Crippen LogP contribution in [0.3, 0.4) is 0 Å². The Bertz CT molecular complexity index is 606. The van der Waals surface area contributed by atoms with Gasteiger partial charge in [-0.15, -0.1) is 0 Å². The Kier molecular flexibility index (Phi) is 5.29. The Hall–Kier alpha value is -1.23. The zero-order chi connectivity index (χ0) is 14.5. The van der Waals surface area contributed by atoms with Gasteiger partial charge in [0.2, 0.25) is 0 Å². The van der Waals surface area contributed by atoms with Crippen LogP contribution in [-0.2, 0) is 17.3 Å². The van der Waals surface area contributed by atoms with E-state index >= 15 is 0 Å². The summed E-state index contributed by atoms with van der Waals surface area (Å²) >= 11 is 0. The fraction of sp³-hybridized carbons (Fsp3) is 0.600. The quantitative estimate of drug-likeness (QED) is 0.788. The second-order valence-electron chi connectivity index (χ2n) is 5.19. The van der Waals surface area contributed by atoms with Crippen LogP contribution in [-0.4, -0.2) is 30.2 Å². The van der Waals surface area contributed by atoms with E-state index in [9.17, 15) is 4.21 Å². The maximum atomic E-state index is 11.8. The molecule has 0 aliphatic carbocycles. The molecule has 0 fully saturated rings. The van der Waals surface area contributed by atoms with Crippen molar-refractivity contribution in [2.24, 2.45) is 0 Å². The third kappa shape index (κ3) is 3.45. The number of pyridine rings is 1. The van der Waals surface area contributed by atoms with Gasteiger partial charge in [-0.3, -0.25) is 9.19 Å². The monoisotopic (exact) mass is 293 g/mol. The van der Waals surface area contributed by atoms with Gasteiger partial charge in [0.25, 0.3) is 0 Å². The average molecular weight is 293 g/mol. The summed E-state index contributed by atoms with van der Waals surface area (Å²) in [5, 5.41) is 0. The molecule has 0 bridgehead atoms. The lowest BCUT2D eigenvalue weighted by Gasteiger charge is -2.08. The van der Waals surface area contributed by atoms with Crippen molar-refractivity contribution in [3.63, 3.8) is 0 Å². The van der Waals surface area contributed by atoms with Crippen molar-refractivity contribution < 1.29 is 4.21 Å². The van der Waals surface area contributed by atoms with Crippen molar-refractivity contribution in [2.75, 3.05) is 11.5 Å². The molecule has 5 heteroatoms. The number of aromatic nitrogens is 3. The predicted octanol–water partition coefficient (Wildman–Crippen LogP) is 2.99. The van der Waals surface area contributed by atoms with Crippen LogP contribution >= 0.6 is 0 Å². The number of unbranched alkanes of at least 4 members (excludes halogenated alkanes) is 1. The van der Waals surface area contributed by atoms with E-state index in [0.717, 1.165) is 59.7 Å². The average Bonchev–Trinajstić information content (AvgIpc) is 2.74. The molecule has 0 saturated heterocycles. The van der Waals surface area contributed by atoms with Gasteiger partial charge >= 0.3 is 0 Å². The van der Waals surface area contributed by atoms with Gasteiger partial charge in [-0.05, 0) is 32.3 Å². The van der Waals surface area contributed by atoms with Gasteiger partial charge in [-0.25, -0.2) is 4.98 Å². The molecule has 0 spiro atoms. The first-order valence-corrected chi connectivity index (χ1v) is 8.74. The van der Waals surface area contributed by atoms with E-state index in [0.29, 0.717) is 0 Å². The molecule has 0 radical (unpaired) electrons. The Balaban J connectivity index is 2.03. The van der Waals surface area contributed by atoms with E-state index in [1.165, 1.54) is 0 Å². The molecule has 1 atom stereocenters. The van der Waals surface area contributed by atoms with Crippen LogP contribution in [0.15, 0.2) is 12.4 Å². The van der Waals surface area contributed by atoms with E-state index in [4.69, 9.17) is 0 Å². The summed E-state index contributed by atoms with van der Waals surface area (Å²) in [6, 6.07) is 0. The van der Waals surface area contributed by atoms with Crippen LogP contribution in [0.25, 0.3) is 11.0 Å². The van der Waals surface area contributed by atoms with Gasteiger partial charge in [0.1, 0.15) is 11.3 Å². The molecule has 2 aromatic heterocycles. The number of hydrogen-bond acceptors (Lipinski definition) is 3. The van der Waals surface area contributed by atoms with Crippen molar-refractivity contribution in [1.82, 2.24) is 14.5 Å². The number of imidazole rings is 1. The van der Waals surface area contributed by atoms with Crippen molar-refractivity contribution in [3.8, 4) is 0 Å². The summed E-state index contributed by atoms with van der Waals surface area (Å²) in [5.74, 6) is 2.63. The highest BCUT2D eigenvalue weighted by Gasteiger charge is 2.10. The van der Waals surface area contributed by atoms with Gasteiger partial charge in [0.15, 0.2) is 0 Å². The van der Waals surface area contributed by atoms with Crippen LogP contribution in [0.1, 0.15) is 37.6 Å². The van der Waals surface area contributed by atoms with Crippen molar-refractivity contribution >= 4 is 21.8 Å². The zero-order valence-corrected chi connectivity index (χ0v) is 13.4. The van der Waals surface area contributed by atoms with Gasteiger partial charge in [-0.2, -0.15) is 0 Å². The number of rotatable bonds is 7. The largest absolute Gasteiger partial charge is 0.328 e.